The molecule has 1 N–H and O–H groups in total. The van der Waals surface area contributed by atoms with E-state index in [1.165, 1.54) is 10.6 Å². The summed E-state index contributed by atoms with van der Waals surface area (Å²) in [4.78, 5) is 12.8. The number of nitrogens with zero attached hydrogens (tertiary/aromatic N) is 2. The van der Waals surface area contributed by atoms with E-state index in [0.717, 1.165) is 22.1 Å². The van der Waals surface area contributed by atoms with Crippen LogP contribution in [-0.2, 0) is 17.1 Å². The molecule has 0 amide bonds. The molecule has 3 aromatic carbocycles. The highest BCUT2D eigenvalue weighted by molar-refractivity contribution is 7.90. The van der Waals surface area contributed by atoms with Gasteiger partial charge in [0.25, 0.3) is 5.56 Å². The molecular formula is C29H26Cl2F3N3O3S. The molecule has 0 atom stereocenters. The SMILES string of the molecule is Cn1c(=O)cc(NC2CCN(S(=O)(=O)C(F)(F)F)CC2)c2cc(C(c3ccc(Cl)cc3)c3ccc(Cl)cc3)ccc21. The maximum atomic E-state index is 13.0. The van der Waals surface area contributed by atoms with E-state index in [4.69, 9.17) is 23.2 Å². The molecule has 1 fully saturated rings. The van der Waals surface area contributed by atoms with E-state index in [1.54, 1.807) is 7.05 Å². The highest BCUT2D eigenvalue weighted by Gasteiger charge is 2.50. The lowest BCUT2D eigenvalue weighted by atomic mass is 9.84. The zero-order chi connectivity index (χ0) is 29.5. The first-order chi connectivity index (χ1) is 19.3. The monoisotopic (exact) mass is 623 g/mol. The van der Waals surface area contributed by atoms with Crippen molar-refractivity contribution in [3.8, 4) is 0 Å². The molecule has 0 spiro atoms. The fourth-order valence-corrected chi connectivity index (χ4v) is 6.51. The number of piperidine rings is 1. The molecule has 41 heavy (non-hydrogen) atoms. The second kappa shape index (κ2) is 11.3. The Morgan fingerprint density at radius 1 is 0.854 bits per heavy atom. The number of aromatic nitrogens is 1. The van der Waals surface area contributed by atoms with E-state index in [1.807, 2.05) is 66.7 Å². The van der Waals surface area contributed by atoms with Crippen LogP contribution in [0.3, 0.4) is 0 Å². The quantitative estimate of drug-likeness (QED) is 0.241. The summed E-state index contributed by atoms with van der Waals surface area (Å²) in [5.41, 5.74) is -1.45. The van der Waals surface area contributed by atoms with Gasteiger partial charge in [-0.1, -0.05) is 53.5 Å². The van der Waals surface area contributed by atoms with Crippen molar-refractivity contribution in [1.29, 1.82) is 0 Å². The van der Waals surface area contributed by atoms with Gasteiger partial charge < -0.3 is 9.88 Å². The number of hydrogen-bond donors (Lipinski definition) is 1. The maximum absolute atomic E-state index is 13.0. The summed E-state index contributed by atoms with van der Waals surface area (Å²) in [6.07, 6.45) is 0.313. The summed E-state index contributed by atoms with van der Waals surface area (Å²) in [6, 6.07) is 22.1. The fourth-order valence-electron chi connectivity index (χ4n) is 5.27. The molecular weight excluding hydrogens is 598 g/mol. The molecule has 5 rings (SSSR count). The predicted octanol–water partition coefficient (Wildman–Crippen LogP) is 6.75. The number of hydrogen-bond acceptors (Lipinski definition) is 4. The zero-order valence-corrected chi connectivity index (χ0v) is 24.2. The Labute approximate surface area is 245 Å². The topological polar surface area (TPSA) is 71.4 Å². The van der Waals surface area contributed by atoms with Crippen LogP contribution in [0.5, 0.6) is 0 Å². The standard InChI is InChI=1S/C29H26Cl2F3N3O3S/c1-36-26-11-6-20(28(18-2-7-21(30)8-3-18)19-4-9-22(31)10-5-19)16-24(26)25(17-27(36)38)35-23-12-14-37(15-13-23)41(39,40)29(32,33)34/h2-11,16-17,23,28,35H,12-15H2,1H3. The molecule has 1 aliphatic heterocycles. The Bertz CT molecular complexity index is 1690. The second-order valence-electron chi connectivity index (χ2n) is 10.0. The van der Waals surface area contributed by atoms with E-state index >= 15 is 0 Å². The molecule has 1 aliphatic rings. The average Bonchev–Trinajstić information content (AvgIpc) is 2.93. The molecule has 6 nitrogen and oxygen atoms in total. The van der Waals surface area contributed by atoms with Crippen LogP contribution in [0.25, 0.3) is 10.9 Å². The molecule has 4 aromatic rings. The fraction of sp³-hybridized carbons (Fsp3) is 0.276. The van der Waals surface area contributed by atoms with Gasteiger partial charge in [-0.05, 0) is 65.9 Å². The highest BCUT2D eigenvalue weighted by Crippen LogP contribution is 2.36. The molecule has 1 aromatic heterocycles. The van der Waals surface area contributed by atoms with Gasteiger partial charge in [0, 0.05) is 59.3 Å². The lowest BCUT2D eigenvalue weighted by molar-refractivity contribution is -0.0494. The highest BCUT2D eigenvalue weighted by atomic mass is 35.5. The van der Waals surface area contributed by atoms with E-state index < -0.39 is 15.5 Å². The zero-order valence-electron chi connectivity index (χ0n) is 21.8. The summed E-state index contributed by atoms with van der Waals surface area (Å²) in [5.74, 6) is -0.185. The second-order valence-corrected chi connectivity index (χ2v) is 12.8. The van der Waals surface area contributed by atoms with Crippen LogP contribution in [0.4, 0.5) is 18.9 Å². The van der Waals surface area contributed by atoms with Crippen LogP contribution in [-0.4, -0.2) is 41.9 Å². The molecule has 1 saturated heterocycles. The smallest absolute Gasteiger partial charge is 0.382 e. The maximum Gasteiger partial charge on any atom is 0.511 e. The minimum absolute atomic E-state index is 0.157. The lowest BCUT2D eigenvalue weighted by Crippen LogP contribution is -2.47. The molecule has 12 heteroatoms. The minimum atomic E-state index is -5.38. The summed E-state index contributed by atoms with van der Waals surface area (Å²) in [6.45, 7) is -0.550. The number of sulfonamides is 1. The van der Waals surface area contributed by atoms with Crippen LogP contribution in [0.15, 0.2) is 77.6 Å². The molecule has 2 heterocycles. The van der Waals surface area contributed by atoms with Crippen LogP contribution in [0.1, 0.15) is 35.4 Å². The van der Waals surface area contributed by atoms with Gasteiger partial charge in [-0.3, -0.25) is 4.79 Å². The van der Waals surface area contributed by atoms with Crippen molar-refractivity contribution in [2.75, 3.05) is 18.4 Å². The first-order valence-electron chi connectivity index (χ1n) is 12.8. The molecule has 0 aliphatic carbocycles. The van der Waals surface area contributed by atoms with Crippen LogP contribution in [0.2, 0.25) is 10.0 Å². The molecule has 0 radical (unpaired) electrons. The average molecular weight is 625 g/mol. The number of benzene rings is 3. The Balaban J connectivity index is 1.52. The number of pyridine rings is 1. The van der Waals surface area contributed by atoms with Crippen LogP contribution < -0.4 is 10.9 Å². The van der Waals surface area contributed by atoms with Gasteiger partial charge in [0.15, 0.2) is 0 Å². The molecule has 0 unspecified atom stereocenters. The third-order valence-electron chi connectivity index (χ3n) is 7.46. The van der Waals surface area contributed by atoms with Gasteiger partial charge >= 0.3 is 15.5 Å². The predicted molar refractivity (Wildman–Crippen MR) is 156 cm³/mol. The number of nitrogens with one attached hydrogen (secondary N) is 1. The first kappa shape index (κ1) is 29.4. The van der Waals surface area contributed by atoms with Crippen molar-refractivity contribution in [3.05, 3.63) is 110 Å². The molecule has 216 valence electrons. The van der Waals surface area contributed by atoms with Crippen LogP contribution >= 0.6 is 23.2 Å². The summed E-state index contributed by atoms with van der Waals surface area (Å²) in [7, 11) is -3.71. The van der Waals surface area contributed by atoms with Gasteiger partial charge in [0.05, 0.1) is 5.52 Å². The Morgan fingerprint density at radius 2 is 1.37 bits per heavy atom. The first-order valence-corrected chi connectivity index (χ1v) is 15.0. The third kappa shape index (κ3) is 5.97. The number of halogens is 5. The number of rotatable bonds is 6. The van der Waals surface area contributed by atoms with Gasteiger partial charge in [-0.15, -0.1) is 0 Å². The van der Waals surface area contributed by atoms with Crippen molar-refractivity contribution in [2.45, 2.75) is 30.3 Å². The van der Waals surface area contributed by atoms with Crippen LogP contribution in [0, 0.1) is 0 Å². The largest absolute Gasteiger partial charge is 0.511 e. The van der Waals surface area contributed by atoms with Crippen molar-refractivity contribution in [1.82, 2.24) is 8.87 Å². The minimum Gasteiger partial charge on any atom is -0.382 e. The van der Waals surface area contributed by atoms with E-state index in [2.05, 4.69) is 5.32 Å². The van der Waals surface area contributed by atoms with Gasteiger partial charge in [-0.2, -0.15) is 17.5 Å². The summed E-state index contributed by atoms with van der Waals surface area (Å²) >= 11 is 12.3. The van der Waals surface area contributed by atoms with Gasteiger partial charge in [0.1, 0.15) is 0 Å². The van der Waals surface area contributed by atoms with Gasteiger partial charge in [0.2, 0.25) is 0 Å². The Hall–Kier alpha value is -3.05. The van der Waals surface area contributed by atoms with E-state index in [9.17, 15) is 26.4 Å². The lowest BCUT2D eigenvalue weighted by Gasteiger charge is -2.32. The van der Waals surface area contributed by atoms with E-state index in [-0.39, 0.29) is 43.5 Å². The Morgan fingerprint density at radius 3 is 1.88 bits per heavy atom. The van der Waals surface area contributed by atoms with Crippen molar-refractivity contribution < 1.29 is 21.6 Å². The molecule has 0 saturated carbocycles. The number of aryl methyl sites for hydroxylation is 1. The van der Waals surface area contributed by atoms with Crippen molar-refractivity contribution in [3.63, 3.8) is 0 Å². The van der Waals surface area contributed by atoms with Crippen molar-refractivity contribution in [2.24, 2.45) is 7.05 Å². The van der Waals surface area contributed by atoms with Gasteiger partial charge in [-0.25, -0.2) is 8.42 Å². The van der Waals surface area contributed by atoms with E-state index in [0.29, 0.717) is 25.6 Å². The summed E-state index contributed by atoms with van der Waals surface area (Å²) in [5, 5.41) is 5.28. The number of alkyl halides is 3. The third-order valence-corrected chi connectivity index (χ3v) is 9.59. The number of anilines is 1. The summed E-state index contributed by atoms with van der Waals surface area (Å²) < 4.78 is 64.7. The number of fused-ring (bicyclic) bond motifs is 1. The van der Waals surface area contributed by atoms with Crippen molar-refractivity contribution >= 4 is 49.8 Å². The normalized spacial score (nSPS) is 15.5. The molecule has 0 bridgehead atoms. The Kier molecular flexibility index (Phi) is 8.13.